The van der Waals surface area contributed by atoms with Gasteiger partial charge in [0.2, 0.25) is 0 Å². The number of hydrogen-bond acceptors (Lipinski definition) is 8. The van der Waals surface area contributed by atoms with Crippen LogP contribution in [-0.4, -0.2) is 11.9 Å². The van der Waals surface area contributed by atoms with Gasteiger partial charge in [-0.2, -0.15) is 22.7 Å². The first kappa shape index (κ1) is 32.1. The molecule has 8 heteroatoms. The first-order chi connectivity index (χ1) is 24.2. The molecule has 0 bridgehead atoms. The fourth-order valence-corrected chi connectivity index (χ4v) is 9.32. The molecule has 2 aliphatic heterocycles. The number of carbonyl (C=O) groups is 2. The first-order valence-corrected chi connectivity index (χ1v) is 18.6. The van der Waals surface area contributed by atoms with Crippen molar-refractivity contribution in [2.24, 2.45) is 0 Å². The number of esters is 2. The van der Waals surface area contributed by atoms with E-state index in [0.717, 1.165) is 54.3 Å². The maximum Gasteiger partial charge on any atom is 0.334 e. The van der Waals surface area contributed by atoms with Crippen LogP contribution in [0.3, 0.4) is 0 Å². The van der Waals surface area contributed by atoms with Crippen molar-refractivity contribution < 1.29 is 23.8 Å². The molecule has 0 aliphatic carbocycles. The standard InChI is InChI=1S/C42H30O5S3/c1-25(2)39(43)46-41(29-17-19-48-23-29)31-9-5-7-11-35(31)45-36-21-27(13-15-32(36)41)28-14-16-34-38(22-28)50-37-12-8-6-10-33(37)42(34,30-18-20-49-24-30)47-40(44)26(3)4/h5-24H,1,3H2,2,4H3. The van der Waals surface area contributed by atoms with Crippen LogP contribution in [-0.2, 0) is 30.3 Å². The van der Waals surface area contributed by atoms with E-state index in [1.54, 1.807) is 36.9 Å². The van der Waals surface area contributed by atoms with Gasteiger partial charge in [0.15, 0.2) is 11.2 Å². The fraction of sp³-hybridized carbons (Fsp3) is 0.0952. The number of fused-ring (bicyclic) bond motifs is 4. The average molecular weight is 711 g/mol. The Kier molecular flexibility index (Phi) is 7.90. The van der Waals surface area contributed by atoms with Gasteiger partial charge in [0.25, 0.3) is 0 Å². The van der Waals surface area contributed by atoms with Crippen LogP contribution < -0.4 is 4.74 Å². The molecule has 2 atom stereocenters. The number of para-hydroxylation sites is 1. The Labute approximate surface area is 302 Å². The van der Waals surface area contributed by atoms with Crippen molar-refractivity contribution in [3.8, 4) is 22.6 Å². The molecule has 6 aromatic rings. The number of ether oxygens (including phenoxy) is 3. The molecule has 0 fully saturated rings. The van der Waals surface area contributed by atoms with Gasteiger partial charge in [0, 0.05) is 54.3 Å². The molecule has 2 aliphatic rings. The van der Waals surface area contributed by atoms with Crippen LogP contribution in [0.15, 0.2) is 153 Å². The molecule has 8 rings (SSSR count). The molecule has 4 heterocycles. The highest BCUT2D eigenvalue weighted by Crippen LogP contribution is 2.56. The van der Waals surface area contributed by atoms with E-state index in [0.29, 0.717) is 22.6 Å². The van der Waals surface area contributed by atoms with Gasteiger partial charge >= 0.3 is 11.9 Å². The second-order valence-corrected chi connectivity index (χ2v) is 15.0. The Morgan fingerprint density at radius 2 is 1.12 bits per heavy atom. The van der Waals surface area contributed by atoms with Crippen molar-refractivity contribution in [3.63, 3.8) is 0 Å². The van der Waals surface area contributed by atoms with E-state index in [4.69, 9.17) is 14.2 Å². The summed E-state index contributed by atoms with van der Waals surface area (Å²) in [5, 5.41) is 8.02. The van der Waals surface area contributed by atoms with Crippen LogP contribution >= 0.6 is 34.4 Å². The number of hydrogen-bond donors (Lipinski definition) is 0. The first-order valence-electron chi connectivity index (χ1n) is 15.9. The van der Waals surface area contributed by atoms with Crippen molar-refractivity contribution in [1.29, 1.82) is 0 Å². The van der Waals surface area contributed by atoms with Crippen LogP contribution in [0, 0.1) is 0 Å². The number of benzene rings is 4. The fourth-order valence-electron chi connectivity index (χ4n) is 6.72. The van der Waals surface area contributed by atoms with E-state index in [1.807, 2.05) is 94.3 Å². The normalized spacial score (nSPS) is 18.4. The summed E-state index contributed by atoms with van der Waals surface area (Å²) in [7, 11) is 0. The van der Waals surface area contributed by atoms with Crippen molar-refractivity contribution in [2.45, 2.75) is 34.8 Å². The Morgan fingerprint density at radius 1 is 0.600 bits per heavy atom. The summed E-state index contributed by atoms with van der Waals surface area (Å²) in [5.41, 5.74) is 5.08. The summed E-state index contributed by atoms with van der Waals surface area (Å²) in [6, 6.07) is 32.0. The van der Waals surface area contributed by atoms with Crippen molar-refractivity contribution in [3.05, 3.63) is 176 Å². The Bertz CT molecular complexity index is 2170. The average Bonchev–Trinajstić information content (AvgIpc) is 3.87. The van der Waals surface area contributed by atoms with Crippen molar-refractivity contribution in [2.75, 3.05) is 0 Å². The van der Waals surface area contributed by atoms with Crippen molar-refractivity contribution >= 4 is 46.4 Å². The molecule has 0 radical (unpaired) electrons. The largest absolute Gasteiger partial charge is 0.456 e. The van der Waals surface area contributed by atoms with Crippen LogP contribution in [0.25, 0.3) is 11.1 Å². The van der Waals surface area contributed by atoms with E-state index >= 15 is 0 Å². The summed E-state index contributed by atoms with van der Waals surface area (Å²) >= 11 is 4.74. The molecule has 0 saturated carbocycles. The lowest BCUT2D eigenvalue weighted by Gasteiger charge is -2.40. The van der Waals surface area contributed by atoms with Gasteiger partial charge < -0.3 is 14.2 Å². The third-order valence-corrected chi connectivity index (χ3v) is 11.6. The monoisotopic (exact) mass is 710 g/mol. The summed E-state index contributed by atoms with van der Waals surface area (Å²) in [4.78, 5) is 28.6. The lowest BCUT2D eigenvalue weighted by Crippen LogP contribution is -2.37. The maximum absolute atomic E-state index is 13.3. The van der Waals surface area contributed by atoms with Gasteiger partial charge in [-0.05, 0) is 89.0 Å². The summed E-state index contributed by atoms with van der Waals surface area (Å²) in [6.07, 6.45) is 0. The minimum Gasteiger partial charge on any atom is -0.456 e. The zero-order valence-electron chi connectivity index (χ0n) is 27.2. The predicted octanol–water partition coefficient (Wildman–Crippen LogP) is 10.9. The Morgan fingerprint density at radius 3 is 1.74 bits per heavy atom. The van der Waals surface area contributed by atoms with Gasteiger partial charge in [0.1, 0.15) is 11.5 Å². The molecular formula is C42H30O5S3. The van der Waals surface area contributed by atoms with Gasteiger partial charge in [-0.1, -0.05) is 79.5 Å². The third kappa shape index (κ3) is 4.97. The van der Waals surface area contributed by atoms with Gasteiger partial charge in [-0.25, -0.2) is 9.59 Å². The van der Waals surface area contributed by atoms with Crippen LogP contribution in [0.5, 0.6) is 11.5 Å². The highest BCUT2D eigenvalue weighted by Gasteiger charge is 2.49. The molecule has 246 valence electrons. The van der Waals surface area contributed by atoms with E-state index < -0.39 is 23.1 Å². The van der Waals surface area contributed by atoms with Crippen LogP contribution in [0.2, 0.25) is 0 Å². The molecule has 4 aromatic carbocycles. The zero-order chi connectivity index (χ0) is 34.6. The zero-order valence-corrected chi connectivity index (χ0v) is 29.7. The molecule has 2 aromatic heterocycles. The van der Waals surface area contributed by atoms with Crippen molar-refractivity contribution in [1.82, 2.24) is 0 Å². The van der Waals surface area contributed by atoms with Gasteiger partial charge in [0.05, 0.1) is 0 Å². The topological polar surface area (TPSA) is 61.8 Å². The molecule has 0 amide bonds. The van der Waals surface area contributed by atoms with E-state index in [1.165, 1.54) is 11.3 Å². The molecule has 0 saturated heterocycles. The Balaban J connectivity index is 1.29. The molecule has 2 unspecified atom stereocenters. The molecular weight excluding hydrogens is 681 g/mol. The SMILES string of the molecule is C=C(C)C(=O)OC1(c2ccsc2)c2ccccc2Oc2cc(-c3ccc4c(c3)Sc3ccccc3C4(OC(=O)C(=C)C)c3ccsc3)ccc21. The lowest BCUT2D eigenvalue weighted by atomic mass is 9.78. The van der Waals surface area contributed by atoms with Gasteiger partial charge in [-0.3, -0.25) is 0 Å². The summed E-state index contributed by atoms with van der Waals surface area (Å²) < 4.78 is 19.5. The molecule has 50 heavy (non-hydrogen) atoms. The minimum atomic E-state index is -1.23. The van der Waals surface area contributed by atoms with E-state index in [-0.39, 0.29) is 0 Å². The second-order valence-electron chi connectivity index (χ2n) is 12.3. The van der Waals surface area contributed by atoms with Gasteiger partial charge in [-0.15, -0.1) is 0 Å². The smallest absolute Gasteiger partial charge is 0.334 e. The highest BCUT2D eigenvalue weighted by atomic mass is 32.2. The maximum atomic E-state index is 13.3. The van der Waals surface area contributed by atoms with E-state index in [9.17, 15) is 9.59 Å². The number of rotatable bonds is 7. The third-order valence-electron chi connectivity index (χ3n) is 9.07. The highest BCUT2D eigenvalue weighted by molar-refractivity contribution is 7.99. The quantitative estimate of drug-likeness (QED) is 0.121. The Hall–Kier alpha value is -5.15. The predicted molar refractivity (Wildman–Crippen MR) is 199 cm³/mol. The van der Waals surface area contributed by atoms with Crippen LogP contribution in [0.4, 0.5) is 0 Å². The molecule has 5 nitrogen and oxygen atoms in total. The van der Waals surface area contributed by atoms with Crippen LogP contribution in [0.1, 0.15) is 47.2 Å². The number of carbonyl (C=O) groups excluding carboxylic acids is 2. The lowest BCUT2D eigenvalue weighted by molar-refractivity contribution is -0.149. The second kappa shape index (κ2) is 12.3. The minimum absolute atomic E-state index is 0.308. The summed E-state index contributed by atoms with van der Waals surface area (Å²) in [5.74, 6) is 0.244. The summed E-state index contributed by atoms with van der Waals surface area (Å²) in [6.45, 7) is 11.1. The molecule has 0 spiro atoms. The van der Waals surface area contributed by atoms with E-state index in [2.05, 4.69) is 37.4 Å². The molecule has 0 N–H and O–H groups in total. The number of thiophene rings is 2.